The summed E-state index contributed by atoms with van der Waals surface area (Å²) in [5, 5.41) is 3.72. The topological polar surface area (TPSA) is 33.1 Å². The van der Waals surface area contributed by atoms with Gasteiger partial charge in [0.15, 0.2) is 0 Å². The number of aromatic nitrogens is 2. The van der Waals surface area contributed by atoms with Crippen LogP contribution in [0.4, 0.5) is 0 Å². The molecule has 1 aromatic heterocycles. The van der Waals surface area contributed by atoms with E-state index in [-0.39, 0.29) is 0 Å². The molecule has 0 spiro atoms. The molecular weight excluding hydrogens is 248 g/mol. The molecule has 0 bridgehead atoms. The van der Waals surface area contributed by atoms with Crippen molar-refractivity contribution in [1.29, 1.82) is 0 Å². The first-order chi connectivity index (χ1) is 9.50. The van der Waals surface area contributed by atoms with E-state index in [2.05, 4.69) is 53.7 Å². The minimum Gasteiger partial charge on any atom is -0.333 e. The predicted molar refractivity (Wildman–Crippen MR) is 83.7 cm³/mol. The first kappa shape index (κ1) is 15.5. The van der Waals surface area contributed by atoms with Crippen LogP contribution in [0.2, 0.25) is 0 Å². The smallest absolute Gasteiger partial charge is 0.122 e. The molecule has 2 rings (SSSR count). The quantitative estimate of drug-likeness (QED) is 0.868. The molecule has 1 unspecified atom stereocenters. The van der Waals surface area contributed by atoms with Crippen molar-refractivity contribution < 1.29 is 0 Å². The molecule has 4 nitrogen and oxygen atoms in total. The van der Waals surface area contributed by atoms with Gasteiger partial charge in [0.2, 0.25) is 0 Å². The van der Waals surface area contributed by atoms with Crippen LogP contribution < -0.4 is 5.32 Å². The number of nitrogens with zero attached hydrogens (tertiary/aromatic N) is 3. The number of imidazole rings is 1. The van der Waals surface area contributed by atoms with Crippen molar-refractivity contribution in [3.05, 3.63) is 18.2 Å². The van der Waals surface area contributed by atoms with Crippen molar-refractivity contribution in [3.63, 3.8) is 0 Å². The second-order valence-electron chi connectivity index (χ2n) is 6.97. The molecule has 2 heterocycles. The Morgan fingerprint density at radius 2 is 2.15 bits per heavy atom. The molecule has 4 heteroatoms. The molecule has 0 aromatic carbocycles. The minimum atomic E-state index is 0.323. The van der Waals surface area contributed by atoms with Crippen molar-refractivity contribution in [2.45, 2.75) is 59.7 Å². The van der Waals surface area contributed by atoms with Crippen molar-refractivity contribution in [3.8, 4) is 0 Å². The lowest BCUT2D eigenvalue weighted by Gasteiger charge is -2.35. The van der Waals surface area contributed by atoms with Gasteiger partial charge in [-0.25, -0.2) is 4.98 Å². The first-order valence-electron chi connectivity index (χ1n) is 7.96. The molecule has 0 amide bonds. The number of nitrogens with one attached hydrogen (secondary N) is 1. The first-order valence-corrected chi connectivity index (χ1v) is 7.96. The van der Waals surface area contributed by atoms with E-state index in [0.29, 0.717) is 11.5 Å². The van der Waals surface area contributed by atoms with Crippen LogP contribution in [-0.4, -0.2) is 40.1 Å². The average Bonchev–Trinajstić information content (AvgIpc) is 2.84. The fraction of sp³-hybridized carbons (Fsp3) is 0.812. The molecule has 0 fully saturated rings. The second kappa shape index (κ2) is 6.72. The van der Waals surface area contributed by atoms with Gasteiger partial charge in [-0.2, -0.15) is 0 Å². The summed E-state index contributed by atoms with van der Waals surface area (Å²) in [6.07, 6.45) is 6.42. The molecule has 0 radical (unpaired) electrons. The standard InChI is InChI=1S/C16H30N4/c1-5-7-17-14(16(2,3)4)6-9-19-11-12-20-10-8-18-15(20)13-19/h8,10,14,17H,5-7,9,11-13H2,1-4H3. The van der Waals surface area contributed by atoms with E-state index in [4.69, 9.17) is 0 Å². The number of fused-ring (bicyclic) bond motifs is 1. The van der Waals surface area contributed by atoms with Crippen LogP contribution in [0.1, 0.15) is 46.4 Å². The lowest BCUT2D eigenvalue weighted by Crippen LogP contribution is -2.44. The fourth-order valence-corrected chi connectivity index (χ4v) is 2.89. The summed E-state index contributed by atoms with van der Waals surface area (Å²) in [5.74, 6) is 1.21. The molecule has 0 saturated heterocycles. The SMILES string of the molecule is CCCNC(CCN1CCn2ccnc2C1)C(C)(C)C. The Balaban J connectivity index is 1.84. The summed E-state index contributed by atoms with van der Waals surface area (Å²) in [4.78, 5) is 6.97. The fourth-order valence-electron chi connectivity index (χ4n) is 2.89. The van der Waals surface area contributed by atoms with Crippen LogP contribution in [0.15, 0.2) is 12.4 Å². The van der Waals surface area contributed by atoms with E-state index in [0.717, 1.165) is 32.7 Å². The average molecular weight is 278 g/mol. The number of hydrogen-bond donors (Lipinski definition) is 1. The summed E-state index contributed by atoms with van der Waals surface area (Å²) in [6, 6.07) is 0.587. The second-order valence-corrected chi connectivity index (χ2v) is 6.97. The van der Waals surface area contributed by atoms with Gasteiger partial charge in [-0.1, -0.05) is 27.7 Å². The Kier molecular flexibility index (Phi) is 5.22. The highest BCUT2D eigenvalue weighted by atomic mass is 15.2. The van der Waals surface area contributed by atoms with Crippen LogP contribution in [-0.2, 0) is 13.1 Å². The molecule has 114 valence electrons. The lowest BCUT2D eigenvalue weighted by molar-refractivity contribution is 0.177. The maximum atomic E-state index is 4.44. The minimum absolute atomic E-state index is 0.323. The van der Waals surface area contributed by atoms with Gasteiger partial charge in [0.1, 0.15) is 5.82 Å². The third kappa shape index (κ3) is 4.06. The monoisotopic (exact) mass is 278 g/mol. The van der Waals surface area contributed by atoms with E-state index in [1.807, 2.05) is 6.20 Å². The van der Waals surface area contributed by atoms with Crippen LogP contribution in [0, 0.1) is 5.41 Å². The van der Waals surface area contributed by atoms with Crippen molar-refractivity contribution in [1.82, 2.24) is 19.8 Å². The van der Waals surface area contributed by atoms with Crippen LogP contribution in [0.5, 0.6) is 0 Å². The third-order valence-electron chi connectivity index (χ3n) is 4.24. The van der Waals surface area contributed by atoms with Gasteiger partial charge in [0, 0.05) is 38.1 Å². The molecule has 1 aromatic rings. The zero-order valence-corrected chi connectivity index (χ0v) is 13.5. The van der Waals surface area contributed by atoms with Crippen molar-refractivity contribution in [2.75, 3.05) is 19.6 Å². The van der Waals surface area contributed by atoms with E-state index in [9.17, 15) is 0 Å². The predicted octanol–water partition coefficient (Wildman–Crippen LogP) is 2.50. The van der Waals surface area contributed by atoms with Crippen LogP contribution in [0.25, 0.3) is 0 Å². The van der Waals surface area contributed by atoms with Gasteiger partial charge in [0.25, 0.3) is 0 Å². The Hall–Kier alpha value is -0.870. The maximum Gasteiger partial charge on any atom is 0.122 e. The molecule has 1 atom stereocenters. The van der Waals surface area contributed by atoms with Gasteiger partial charge in [-0.05, 0) is 24.8 Å². The van der Waals surface area contributed by atoms with Gasteiger partial charge in [-0.3, -0.25) is 4.90 Å². The highest BCUT2D eigenvalue weighted by molar-refractivity contribution is 4.95. The molecule has 1 N–H and O–H groups in total. The number of hydrogen-bond acceptors (Lipinski definition) is 3. The van der Waals surface area contributed by atoms with Gasteiger partial charge < -0.3 is 9.88 Å². The Bertz CT molecular complexity index is 405. The Morgan fingerprint density at radius 1 is 1.35 bits per heavy atom. The molecule has 20 heavy (non-hydrogen) atoms. The van der Waals surface area contributed by atoms with Crippen molar-refractivity contribution >= 4 is 0 Å². The highest BCUT2D eigenvalue weighted by Crippen LogP contribution is 2.23. The third-order valence-corrected chi connectivity index (χ3v) is 4.24. The van der Waals surface area contributed by atoms with E-state index >= 15 is 0 Å². The highest BCUT2D eigenvalue weighted by Gasteiger charge is 2.25. The zero-order valence-electron chi connectivity index (χ0n) is 13.5. The van der Waals surface area contributed by atoms with E-state index < -0.39 is 0 Å². The molecule has 0 saturated carbocycles. The van der Waals surface area contributed by atoms with Crippen molar-refractivity contribution in [2.24, 2.45) is 5.41 Å². The Labute approximate surface area is 123 Å². The zero-order chi connectivity index (χ0) is 14.6. The van der Waals surface area contributed by atoms with Gasteiger partial charge in [0.05, 0.1) is 6.54 Å². The Morgan fingerprint density at radius 3 is 2.85 bits per heavy atom. The maximum absolute atomic E-state index is 4.44. The summed E-state index contributed by atoms with van der Waals surface area (Å²) in [5.41, 5.74) is 0.323. The molecule has 0 aliphatic carbocycles. The normalized spacial score (nSPS) is 18.0. The van der Waals surface area contributed by atoms with Crippen LogP contribution in [0.3, 0.4) is 0 Å². The summed E-state index contributed by atoms with van der Waals surface area (Å²) in [7, 11) is 0. The van der Waals surface area contributed by atoms with E-state index in [1.54, 1.807) is 0 Å². The summed E-state index contributed by atoms with van der Waals surface area (Å²) >= 11 is 0. The van der Waals surface area contributed by atoms with Gasteiger partial charge in [-0.15, -0.1) is 0 Å². The largest absolute Gasteiger partial charge is 0.333 e. The molecule has 1 aliphatic heterocycles. The van der Waals surface area contributed by atoms with E-state index in [1.165, 1.54) is 18.7 Å². The van der Waals surface area contributed by atoms with Crippen LogP contribution >= 0.6 is 0 Å². The summed E-state index contributed by atoms with van der Waals surface area (Å²) in [6.45, 7) is 14.7. The lowest BCUT2D eigenvalue weighted by atomic mass is 9.84. The van der Waals surface area contributed by atoms with Gasteiger partial charge >= 0.3 is 0 Å². The summed E-state index contributed by atoms with van der Waals surface area (Å²) < 4.78 is 2.27. The molecule has 1 aliphatic rings. The molecular formula is C16H30N4. The number of rotatable bonds is 6.